The Bertz CT molecular complexity index is 838. The van der Waals surface area contributed by atoms with Crippen molar-refractivity contribution in [3.63, 3.8) is 0 Å². The molecule has 136 valence electrons. The van der Waals surface area contributed by atoms with E-state index in [0.717, 1.165) is 31.0 Å². The number of benzene rings is 2. The standard InChI is InChI=1S/C23H27NOS/c25-26-13-11-24(12-14-26)21-9-10-23(17-21)16-20-7-2-1-5-18(20)15-19-6-3-4-8-22(19)23/h1-8,21H,9-17H2. The quantitative estimate of drug-likeness (QED) is 0.768. The summed E-state index contributed by atoms with van der Waals surface area (Å²) >= 11 is 0. The van der Waals surface area contributed by atoms with Gasteiger partial charge in [0.1, 0.15) is 0 Å². The van der Waals surface area contributed by atoms with Crippen LogP contribution in [0.2, 0.25) is 0 Å². The summed E-state index contributed by atoms with van der Waals surface area (Å²) in [7, 11) is -0.585. The van der Waals surface area contributed by atoms with E-state index >= 15 is 0 Å². The van der Waals surface area contributed by atoms with Crippen LogP contribution in [0.3, 0.4) is 0 Å². The fourth-order valence-electron chi connectivity index (χ4n) is 5.59. The molecule has 0 bridgehead atoms. The zero-order valence-corrected chi connectivity index (χ0v) is 16.1. The van der Waals surface area contributed by atoms with Crippen molar-refractivity contribution >= 4 is 10.8 Å². The van der Waals surface area contributed by atoms with E-state index < -0.39 is 10.8 Å². The topological polar surface area (TPSA) is 20.3 Å². The second-order valence-electron chi connectivity index (χ2n) is 8.34. The highest BCUT2D eigenvalue weighted by Gasteiger charge is 2.45. The molecule has 2 aliphatic carbocycles. The average Bonchev–Trinajstić information content (AvgIpc) is 3.03. The highest BCUT2D eigenvalue weighted by molar-refractivity contribution is 7.85. The number of hydrogen-bond donors (Lipinski definition) is 0. The van der Waals surface area contributed by atoms with Crippen molar-refractivity contribution in [1.29, 1.82) is 0 Å². The summed E-state index contributed by atoms with van der Waals surface area (Å²) in [6.07, 6.45) is 6.06. The lowest BCUT2D eigenvalue weighted by molar-refractivity contribution is 0.208. The summed E-state index contributed by atoms with van der Waals surface area (Å²) in [4.78, 5) is 2.63. The molecule has 0 N–H and O–H groups in total. The van der Waals surface area contributed by atoms with Gasteiger partial charge >= 0.3 is 0 Å². The lowest BCUT2D eigenvalue weighted by Gasteiger charge is -2.35. The lowest BCUT2D eigenvalue weighted by atomic mass is 9.73. The van der Waals surface area contributed by atoms with Gasteiger partial charge < -0.3 is 0 Å². The molecule has 0 amide bonds. The van der Waals surface area contributed by atoms with Crippen LogP contribution in [0.5, 0.6) is 0 Å². The van der Waals surface area contributed by atoms with Crippen molar-refractivity contribution in [3.05, 3.63) is 70.8 Å². The van der Waals surface area contributed by atoms with Gasteiger partial charge in [0.25, 0.3) is 0 Å². The van der Waals surface area contributed by atoms with Crippen LogP contribution in [-0.2, 0) is 29.1 Å². The molecule has 2 nitrogen and oxygen atoms in total. The fourth-order valence-corrected chi connectivity index (χ4v) is 6.67. The van der Waals surface area contributed by atoms with E-state index in [1.807, 2.05) is 0 Å². The number of nitrogens with zero attached hydrogens (tertiary/aromatic N) is 1. The van der Waals surface area contributed by atoms with E-state index in [4.69, 9.17) is 0 Å². The van der Waals surface area contributed by atoms with E-state index in [2.05, 4.69) is 53.4 Å². The van der Waals surface area contributed by atoms with Crippen molar-refractivity contribution in [3.8, 4) is 0 Å². The molecule has 2 aromatic carbocycles. The third-order valence-electron chi connectivity index (χ3n) is 6.93. The van der Waals surface area contributed by atoms with Crippen LogP contribution in [0.25, 0.3) is 0 Å². The van der Waals surface area contributed by atoms with Gasteiger partial charge in [-0.25, -0.2) is 0 Å². The van der Waals surface area contributed by atoms with E-state index in [-0.39, 0.29) is 5.41 Å². The summed E-state index contributed by atoms with van der Waals surface area (Å²) in [6.45, 7) is 2.04. The Hall–Kier alpha value is -1.45. The Morgan fingerprint density at radius 1 is 0.923 bits per heavy atom. The largest absolute Gasteiger partial charge is 0.299 e. The maximum Gasteiger partial charge on any atom is 0.0363 e. The maximum atomic E-state index is 11.7. The second kappa shape index (κ2) is 6.61. The Balaban J connectivity index is 1.50. The molecular formula is C23H27NOS. The molecule has 1 saturated carbocycles. The molecule has 0 aromatic heterocycles. The molecular weight excluding hydrogens is 338 g/mol. The summed E-state index contributed by atoms with van der Waals surface area (Å²) in [5, 5.41) is 0. The van der Waals surface area contributed by atoms with E-state index in [1.165, 1.54) is 36.8 Å². The van der Waals surface area contributed by atoms with Crippen LogP contribution in [0, 0.1) is 0 Å². The first-order chi connectivity index (χ1) is 12.7. The zero-order valence-electron chi connectivity index (χ0n) is 15.3. The first-order valence-electron chi connectivity index (χ1n) is 9.98. The minimum Gasteiger partial charge on any atom is -0.299 e. The maximum absolute atomic E-state index is 11.7. The van der Waals surface area contributed by atoms with Crippen LogP contribution in [-0.4, -0.2) is 39.7 Å². The minimum atomic E-state index is -0.585. The Kier molecular flexibility index (Phi) is 4.25. The highest BCUT2D eigenvalue weighted by atomic mass is 32.2. The average molecular weight is 366 g/mol. The number of fused-ring (bicyclic) bond motifs is 3. The first-order valence-corrected chi connectivity index (χ1v) is 11.5. The molecule has 2 aromatic rings. The van der Waals surface area contributed by atoms with Gasteiger partial charge in [-0.1, -0.05) is 48.5 Å². The minimum absolute atomic E-state index is 0.282. The predicted molar refractivity (Wildman–Crippen MR) is 108 cm³/mol. The molecule has 1 aliphatic heterocycles. The van der Waals surface area contributed by atoms with Crippen molar-refractivity contribution in [2.75, 3.05) is 24.6 Å². The van der Waals surface area contributed by atoms with Crippen LogP contribution in [0.15, 0.2) is 48.5 Å². The molecule has 5 rings (SSSR count). The fraction of sp³-hybridized carbons (Fsp3) is 0.478. The molecule has 3 heteroatoms. The van der Waals surface area contributed by atoms with E-state index in [0.29, 0.717) is 6.04 Å². The van der Waals surface area contributed by atoms with Gasteiger partial charge in [-0.05, 0) is 54.4 Å². The highest BCUT2D eigenvalue weighted by Crippen LogP contribution is 2.48. The van der Waals surface area contributed by atoms with Gasteiger partial charge in [0.15, 0.2) is 0 Å². The third-order valence-corrected chi connectivity index (χ3v) is 8.20. The molecule has 1 spiro atoms. The normalized spacial score (nSPS) is 29.3. The summed E-state index contributed by atoms with van der Waals surface area (Å²) in [6, 6.07) is 18.9. The third kappa shape index (κ3) is 2.86. The monoisotopic (exact) mass is 365 g/mol. The lowest BCUT2D eigenvalue weighted by Crippen LogP contribution is -2.44. The zero-order chi connectivity index (χ0) is 17.6. The number of rotatable bonds is 1. The predicted octanol–water partition coefficient (Wildman–Crippen LogP) is 3.69. The van der Waals surface area contributed by atoms with Gasteiger partial charge in [0, 0.05) is 46.9 Å². The first kappa shape index (κ1) is 16.7. The Morgan fingerprint density at radius 3 is 2.42 bits per heavy atom. The molecule has 2 unspecified atom stereocenters. The molecule has 2 atom stereocenters. The molecule has 1 saturated heterocycles. The van der Waals surface area contributed by atoms with Gasteiger partial charge in [0.05, 0.1) is 0 Å². The van der Waals surface area contributed by atoms with Crippen LogP contribution in [0.1, 0.15) is 41.5 Å². The molecule has 3 aliphatic rings. The molecule has 0 radical (unpaired) electrons. The van der Waals surface area contributed by atoms with Crippen LogP contribution in [0.4, 0.5) is 0 Å². The van der Waals surface area contributed by atoms with Gasteiger partial charge in [-0.2, -0.15) is 0 Å². The SMILES string of the molecule is O=S1CCN(C2CCC3(Cc4ccccc4Cc4ccccc43)C2)CC1. The molecule has 26 heavy (non-hydrogen) atoms. The van der Waals surface area contributed by atoms with Crippen LogP contribution >= 0.6 is 0 Å². The van der Waals surface area contributed by atoms with Crippen molar-refractivity contribution in [2.45, 2.75) is 43.6 Å². The summed E-state index contributed by atoms with van der Waals surface area (Å²) < 4.78 is 11.7. The molecule has 1 heterocycles. The van der Waals surface area contributed by atoms with Gasteiger partial charge in [0.2, 0.25) is 0 Å². The van der Waals surface area contributed by atoms with E-state index in [9.17, 15) is 4.21 Å². The van der Waals surface area contributed by atoms with Crippen molar-refractivity contribution < 1.29 is 4.21 Å². The Labute approximate surface area is 159 Å². The summed E-state index contributed by atoms with van der Waals surface area (Å²) in [5.74, 6) is 1.73. The second-order valence-corrected chi connectivity index (χ2v) is 10.0. The Morgan fingerprint density at radius 2 is 1.62 bits per heavy atom. The van der Waals surface area contributed by atoms with Gasteiger partial charge in [-0.15, -0.1) is 0 Å². The summed E-state index contributed by atoms with van der Waals surface area (Å²) in [5.41, 5.74) is 6.46. The smallest absolute Gasteiger partial charge is 0.0363 e. The van der Waals surface area contributed by atoms with Gasteiger partial charge in [-0.3, -0.25) is 9.11 Å². The van der Waals surface area contributed by atoms with Crippen LogP contribution < -0.4 is 0 Å². The number of hydrogen-bond acceptors (Lipinski definition) is 2. The van der Waals surface area contributed by atoms with Crippen molar-refractivity contribution in [2.24, 2.45) is 0 Å². The molecule has 2 fully saturated rings. The van der Waals surface area contributed by atoms with Crippen molar-refractivity contribution in [1.82, 2.24) is 4.90 Å². The van der Waals surface area contributed by atoms with E-state index in [1.54, 1.807) is 11.1 Å².